The molecule has 0 unspecified atom stereocenters. The van der Waals surface area contributed by atoms with Gasteiger partial charge in [-0.15, -0.1) is 0 Å². The number of halogens is 1. The zero-order valence-electron chi connectivity index (χ0n) is 10.3. The van der Waals surface area contributed by atoms with Gasteiger partial charge in [-0.1, -0.05) is 28.9 Å². The van der Waals surface area contributed by atoms with Crippen LogP contribution in [-0.4, -0.2) is 19.9 Å². The van der Waals surface area contributed by atoms with Crippen molar-refractivity contribution in [3.8, 4) is 11.6 Å². The Morgan fingerprint density at radius 2 is 2.16 bits per heavy atom. The van der Waals surface area contributed by atoms with Gasteiger partial charge in [0, 0.05) is 10.2 Å². The Hall–Kier alpha value is -1.88. The fraction of sp³-hybridized carbons (Fsp3) is 0.143. The van der Waals surface area contributed by atoms with Crippen molar-refractivity contribution < 1.29 is 5.11 Å². The molecule has 1 N–H and O–H groups in total. The van der Waals surface area contributed by atoms with Crippen LogP contribution < -0.4 is 0 Å². The number of aromatic hydroxyl groups is 1. The smallest absolute Gasteiger partial charge is 0.154 e. The Morgan fingerprint density at radius 3 is 2.95 bits per heavy atom. The van der Waals surface area contributed by atoms with E-state index < -0.39 is 0 Å². The van der Waals surface area contributed by atoms with Crippen molar-refractivity contribution in [1.29, 1.82) is 0 Å². The average Bonchev–Trinajstić information content (AvgIpc) is 2.82. The maximum atomic E-state index is 9.91. The molecule has 2 heterocycles. The van der Waals surface area contributed by atoms with E-state index in [9.17, 15) is 5.11 Å². The molecule has 5 heteroatoms. The van der Waals surface area contributed by atoms with Crippen LogP contribution in [0.25, 0.3) is 16.7 Å². The minimum atomic E-state index is 0.210. The predicted molar refractivity (Wildman–Crippen MR) is 77.6 cm³/mol. The zero-order chi connectivity index (χ0) is 13.4. The largest absolute Gasteiger partial charge is 0.507 e. The fourth-order valence-electron chi connectivity index (χ4n) is 2.04. The monoisotopic (exact) mass is 317 g/mol. The number of benzene rings is 1. The van der Waals surface area contributed by atoms with Gasteiger partial charge in [0.2, 0.25) is 0 Å². The highest BCUT2D eigenvalue weighted by Gasteiger charge is 2.10. The summed E-state index contributed by atoms with van der Waals surface area (Å²) in [6, 6.07) is 9.44. The molecule has 0 spiro atoms. The predicted octanol–water partition coefficient (Wildman–Crippen LogP) is 3.45. The van der Waals surface area contributed by atoms with Crippen LogP contribution in [0.4, 0.5) is 0 Å². The van der Waals surface area contributed by atoms with Gasteiger partial charge in [0.1, 0.15) is 5.75 Å². The van der Waals surface area contributed by atoms with Gasteiger partial charge in [0.25, 0.3) is 0 Å². The first-order valence-electron chi connectivity index (χ1n) is 6.01. The number of pyridine rings is 1. The molecule has 0 atom stereocenters. The fourth-order valence-corrected chi connectivity index (χ4v) is 2.47. The Labute approximate surface area is 118 Å². The molecule has 3 aromatic rings. The first-order chi connectivity index (χ1) is 9.19. The lowest BCUT2D eigenvalue weighted by Crippen LogP contribution is -2.01. The van der Waals surface area contributed by atoms with Gasteiger partial charge in [-0.3, -0.25) is 0 Å². The first kappa shape index (κ1) is 12.2. The highest BCUT2D eigenvalue weighted by atomic mass is 79.9. The van der Waals surface area contributed by atoms with Gasteiger partial charge in [0.05, 0.1) is 17.1 Å². The molecule has 3 rings (SSSR count). The minimum Gasteiger partial charge on any atom is -0.507 e. The molecular formula is C14H12BrN3O. The standard InChI is InChI=1S/C14H12BrN3O/c1-2-10-4-3-5-14(17-10)18-12-6-9(15)7-13(19)11(12)8-16-18/h3-8,19H,2H2,1H3. The third-order valence-electron chi connectivity index (χ3n) is 3.00. The molecule has 0 fully saturated rings. The number of hydrogen-bond acceptors (Lipinski definition) is 3. The van der Waals surface area contributed by atoms with Crippen molar-refractivity contribution >= 4 is 26.8 Å². The van der Waals surface area contributed by atoms with Gasteiger partial charge in [-0.25, -0.2) is 9.67 Å². The van der Waals surface area contributed by atoms with E-state index in [1.165, 1.54) is 0 Å². The third-order valence-corrected chi connectivity index (χ3v) is 3.46. The lowest BCUT2D eigenvalue weighted by Gasteiger charge is -2.05. The van der Waals surface area contributed by atoms with Crippen LogP contribution in [-0.2, 0) is 6.42 Å². The van der Waals surface area contributed by atoms with Crippen LogP contribution in [0, 0.1) is 0 Å². The van der Waals surface area contributed by atoms with E-state index in [-0.39, 0.29) is 5.75 Å². The second-order valence-corrected chi connectivity index (χ2v) is 5.17. The van der Waals surface area contributed by atoms with Crippen molar-refractivity contribution in [3.05, 3.63) is 46.7 Å². The number of phenolic OH excluding ortho intramolecular Hbond substituents is 1. The van der Waals surface area contributed by atoms with Crippen LogP contribution in [0.3, 0.4) is 0 Å². The van der Waals surface area contributed by atoms with Crippen molar-refractivity contribution in [2.24, 2.45) is 0 Å². The number of rotatable bonds is 2. The first-order valence-corrected chi connectivity index (χ1v) is 6.81. The molecule has 4 nitrogen and oxygen atoms in total. The molecule has 1 aromatic carbocycles. The number of aromatic nitrogens is 3. The summed E-state index contributed by atoms with van der Waals surface area (Å²) in [5.74, 6) is 0.967. The maximum absolute atomic E-state index is 9.91. The highest BCUT2D eigenvalue weighted by Crippen LogP contribution is 2.30. The quantitative estimate of drug-likeness (QED) is 0.787. The molecule has 19 heavy (non-hydrogen) atoms. The van der Waals surface area contributed by atoms with E-state index >= 15 is 0 Å². The molecule has 0 aliphatic rings. The number of phenols is 1. The zero-order valence-corrected chi connectivity index (χ0v) is 11.9. The summed E-state index contributed by atoms with van der Waals surface area (Å²) >= 11 is 3.38. The summed E-state index contributed by atoms with van der Waals surface area (Å²) in [6.07, 6.45) is 2.53. The van der Waals surface area contributed by atoms with Crippen molar-refractivity contribution in [3.63, 3.8) is 0 Å². The van der Waals surface area contributed by atoms with E-state index in [1.54, 1.807) is 16.9 Å². The van der Waals surface area contributed by atoms with Gasteiger partial charge in [-0.05, 0) is 30.7 Å². The van der Waals surface area contributed by atoms with Gasteiger partial charge in [0.15, 0.2) is 5.82 Å². The number of nitrogens with zero attached hydrogens (tertiary/aromatic N) is 3. The lowest BCUT2D eigenvalue weighted by atomic mass is 10.2. The SMILES string of the molecule is CCc1cccc(-n2ncc3c(O)cc(Br)cc32)n1. The van der Waals surface area contributed by atoms with Crippen LogP contribution in [0.2, 0.25) is 0 Å². The molecular weight excluding hydrogens is 306 g/mol. The van der Waals surface area contributed by atoms with Gasteiger partial charge >= 0.3 is 0 Å². The molecule has 0 saturated heterocycles. The van der Waals surface area contributed by atoms with E-state index in [2.05, 4.69) is 32.9 Å². The molecule has 0 amide bonds. The summed E-state index contributed by atoms with van der Waals surface area (Å²) in [5, 5.41) is 14.9. The second kappa shape index (κ2) is 4.66. The Bertz CT molecular complexity index is 752. The lowest BCUT2D eigenvalue weighted by molar-refractivity contribution is 0.481. The van der Waals surface area contributed by atoms with Crippen LogP contribution in [0.15, 0.2) is 41.0 Å². The number of hydrogen-bond donors (Lipinski definition) is 1. The molecule has 0 aliphatic heterocycles. The van der Waals surface area contributed by atoms with Crippen molar-refractivity contribution in [2.45, 2.75) is 13.3 Å². The third kappa shape index (κ3) is 2.10. The molecule has 96 valence electrons. The van der Waals surface area contributed by atoms with Gasteiger partial charge < -0.3 is 5.11 Å². The Balaban J connectivity index is 2.25. The van der Waals surface area contributed by atoms with Crippen LogP contribution in [0.5, 0.6) is 5.75 Å². The highest BCUT2D eigenvalue weighted by molar-refractivity contribution is 9.10. The van der Waals surface area contributed by atoms with Gasteiger partial charge in [-0.2, -0.15) is 5.10 Å². The molecule has 0 saturated carbocycles. The van der Waals surface area contributed by atoms with Crippen LogP contribution in [0.1, 0.15) is 12.6 Å². The number of aryl methyl sites for hydroxylation is 1. The maximum Gasteiger partial charge on any atom is 0.154 e. The van der Waals surface area contributed by atoms with E-state index in [0.717, 1.165) is 27.9 Å². The van der Waals surface area contributed by atoms with E-state index in [0.29, 0.717) is 5.39 Å². The average molecular weight is 318 g/mol. The summed E-state index contributed by atoms with van der Waals surface area (Å²) in [5.41, 5.74) is 1.84. The van der Waals surface area contributed by atoms with Crippen LogP contribution >= 0.6 is 15.9 Å². The topological polar surface area (TPSA) is 50.9 Å². The molecule has 0 bridgehead atoms. The minimum absolute atomic E-state index is 0.210. The summed E-state index contributed by atoms with van der Waals surface area (Å²) in [7, 11) is 0. The molecule has 0 radical (unpaired) electrons. The van der Waals surface area contributed by atoms with Crippen molar-refractivity contribution in [1.82, 2.24) is 14.8 Å². The normalized spacial score (nSPS) is 11.1. The summed E-state index contributed by atoms with van der Waals surface area (Å²) in [4.78, 5) is 4.55. The summed E-state index contributed by atoms with van der Waals surface area (Å²) in [6.45, 7) is 2.07. The molecule has 0 aliphatic carbocycles. The second-order valence-electron chi connectivity index (χ2n) is 4.25. The van der Waals surface area contributed by atoms with E-state index in [1.807, 2.05) is 24.3 Å². The molecule has 2 aromatic heterocycles. The summed E-state index contributed by atoms with van der Waals surface area (Å²) < 4.78 is 2.55. The Morgan fingerprint density at radius 1 is 1.32 bits per heavy atom. The number of fused-ring (bicyclic) bond motifs is 1. The Kier molecular flexibility index (Phi) is 2.98. The van der Waals surface area contributed by atoms with E-state index in [4.69, 9.17) is 0 Å². The van der Waals surface area contributed by atoms with Crippen molar-refractivity contribution in [2.75, 3.05) is 0 Å².